The van der Waals surface area contributed by atoms with E-state index in [1.807, 2.05) is 0 Å². The van der Waals surface area contributed by atoms with Crippen LogP contribution in [0, 0.1) is 0 Å². The predicted molar refractivity (Wildman–Crippen MR) is 86.9 cm³/mol. The second kappa shape index (κ2) is 6.46. The summed E-state index contributed by atoms with van der Waals surface area (Å²) >= 11 is 13.1. The summed E-state index contributed by atoms with van der Waals surface area (Å²) in [5.41, 5.74) is 0.439. The Bertz CT molecular complexity index is 869. The number of carbonyl (C=O) groups excluding carboxylic acids is 1. The molecule has 2 aromatic heterocycles. The van der Waals surface area contributed by atoms with Crippen molar-refractivity contribution in [3.05, 3.63) is 22.3 Å². The Hall–Kier alpha value is -1.03. The topological polar surface area (TPSA) is 90.6 Å². The fraction of sp³-hybridized carbons (Fsp3) is 0.417. The normalized spacial score (nSPS) is 20.0. The minimum Gasteiger partial charge on any atom is -0.461 e. The van der Waals surface area contributed by atoms with Crippen LogP contribution in [0.2, 0.25) is 10.0 Å². The number of hydrogen-bond acceptors (Lipinski definition) is 7. The Kier molecular flexibility index (Phi) is 4.73. The van der Waals surface area contributed by atoms with Crippen LogP contribution in [0.5, 0.6) is 0 Å². The molecular formula is C12H11Cl2N3O4S2. The van der Waals surface area contributed by atoms with Gasteiger partial charge >= 0.3 is 5.97 Å². The third kappa shape index (κ3) is 3.90. The van der Waals surface area contributed by atoms with E-state index in [0.29, 0.717) is 27.3 Å². The molecule has 3 rings (SSSR count). The maximum absolute atomic E-state index is 11.8. The molecule has 1 aliphatic heterocycles. The van der Waals surface area contributed by atoms with Crippen molar-refractivity contribution in [2.75, 3.05) is 17.3 Å². The molecule has 1 saturated heterocycles. The Morgan fingerprint density at radius 3 is 2.91 bits per heavy atom. The van der Waals surface area contributed by atoms with Gasteiger partial charge in [-0.15, -0.1) is 10.2 Å². The highest BCUT2D eigenvalue weighted by molar-refractivity contribution is 7.99. The van der Waals surface area contributed by atoms with Crippen molar-refractivity contribution in [2.24, 2.45) is 0 Å². The first-order valence-electron chi connectivity index (χ1n) is 6.56. The molecule has 23 heavy (non-hydrogen) atoms. The largest absolute Gasteiger partial charge is 0.461 e. The van der Waals surface area contributed by atoms with Crippen LogP contribution in [0.3, 0.4) is 0 Å². The fourth-order valence-corrected chi connectivity index (χ4v) is 4.99. The van der Waals surface area contributed by atoms with E-state index < -0.39 is 21.9 Å². The van der Waals surface area contributed by atoms with E-state index in [0.717, 1.165) is 11.8 Å². The first-order chi connectivity index (χ1) is 10.8. The number of thioether (sulfide) groups is 1. The molecule has 1 atom stereocenters. The molecule has 0 spiro atoms. The summed E-state index contributed by atoms with van der Waals surface area (Å²) in [7, 11) is -3.08. The first-order valence-corrected chi connectivity index (χ1v) is 10.1. The number of nitrogens with zero attached hydrogens (tertiary/aromatic N) is 3. The zero-order valence-corrected chi connectivity index (χ0v) is 14.8. The average Bonchev–Trinajstić information content (AvgIpc) is 3.00. The summed E-state index contributed by atoms with van der Waals surface area (Å²) in [6.45, 7) is 0. The zero-order valence-electron chi connectivity index (χ0n) is 11.6. The number of aromatic nitrogens is 3. The molecule has 11 heteroatoms. The van der Waals surface area contributed by atoms with Crippen molar-refractivity contribution in [1.29, 1.82) is 0 Å². The third-order valence-electron chi connectivity index (χ3n) is 3.20. The number of fused-ring (bicyclic) bond motifs is 1. The second-order valence-electron chi connectivity index (χ2n) is 4.99. The molecule has 2 aromatic rings. The summed E-state index contributed by atoms with van der Waals surface area (Å²) in [5.74, 6) is -0.560. The maximum atomic E-state index is 11.8. The van der Waals surface area contributed by atoms with E-state index in [4.69, 9.17) is 27.9 Å². The van der Waals surface area contributed by atoms with Gasteiger partial charge in [0.15, 0.2) is 20.6 Å². The van der Waals surface area contributed by atoms with Gasteiger partial charge in [0.25, 0.3) is 0 Å². The van der Waals surface area contributed by atoms with Crippen molar-refractivity contribution >= 4 is 56.4 Å². The lowest BCUT2D eigenvalue weighted by atomic mass is 10.3. The number of rotatable bonds is 4. The number of esters is 1. The molecule has 0 saturated carbocycles. The number of hydrogen-bond donors (Lipinski definition) is 0. The molecule has 0 N–H and O–H groups in total. The summed E-state index contributed by atoms with van der Waals surface area (Å²) in [4.78, 5) is 11.8. The summed E-state index contributed by atoms with van der Waals surface area (Å²) in [6.07, 6.45) is 1.38. The van der Waals surface area contributed by atoms with E-state index in [-0.39, 0.29) is 17.3 Å². The highest BCUT2D eigenvalue weighted by Gasteiger charge is 2.30. The molecule has 1 aliphatic rings. The van der Waals surface area contributed by atoms with Crippen LogP contribution in [-0.2, 0) is 19.4 Å². The number of halogens is 2. The van der Waals surface area contributed by atoms with Crippen molar-refractivity contribution < 1.29 is 17.9 Å². The van der Waals surface area contributed by atoms with Gasteiger partial charge in [-0.25, -0.2) is 8.42 Å². The van der Waals surface area contributed by atoms with Crippen molar-refractivity contribution in [1.82, 2.24) is 14.6 Å². The molecule has 0 aliphatic carbocycles. The Morgan fingerprint density at radius 2 is 2.22 bits per heavy atom. The van der Waals surface area contributed by atoms with Gasteiger partial charge in [0.05, 0.1) is 27.3 Å². The van der Waals surface area contributed by atoms with Crippen molar-refractivity contribution in [3.8, 4) is 0 Å². The van der Waals surface area contributed by atoms with E-state index in [9.17, 15) is 13.2 Å². The van der Waals surface area contributed by atoms with Crippen molar-refractivity contribution in [2.45, 2.75) is 17.7 Å². The van der Waals surface area contributed by atoms with E-state index in [1.165, 1.54) is 0 Å². The van der Waals surface area contributed by atoms with E-state index in [2.05, 4.69) is 10.2 Å². The number of carbonyl (C=O) groups is 1. The summed E-state index contributed by atoms with van der Waals surface area (Å²) in [6, 6.07) is 1.55. The predicted octanol–water partition coefficient (Wildman–Crippen LogP) is 1.86. The average molecular weight is 396 g/mol. The van der Waals surface area contributed by atoms with Crippen LogP contribution in [0.25, 0.3) is 5.65 Å². The smallest absolute Gasteiger partial charge is 0.316 e. The third-order valence-corrected chi connectivity index (χ3v) is 6.34. The minimum absolute atomic E-state index is 0.0124. The van der Waals surface area contributed by atoms with Gasteiger partial charge in [0.2, 0.25) is 0 Å². The lowest BCUT2D eigenvalue weighted by Crippen LogP contribution is -2.20. The van der Waals surface area contributed by atoms with Gasteiger partial charge in [-0.1, -0.05) is 35.0 Å². The molecule has 0 radical (unpaired) electrons. The SMILES string of the molecule is O=C(CSc1nnc2c(Cl)cc(Cl)cn12)O[C@H]1CCS(=O)(=O)C1. The first kappa shape index (κ1) is 16.8. The van der Waals surface area contributed by atoms with Crippen molar-refractivity contribution in [3.63, 3.8) is 0 Å². The quantitative estimate of drug-likeness (QED) is 0.576. The van der Waals surface area contributed by atoms with Crippen LogP contribution < -0.4 is 0 Å². The van der Waals surface area contributed by atoms with Gasteiger partial charge in [-0.2, -0.15) is 0 Å². The highest BCUT2D eigenvalue weighted by atomic mass is 35.5. The molecule has 0 unspecified atom stereocenters. The lowest BCUT2D eigenvalue weighted by Gasteiger charge is -2.09. The molecule has 0 amide bonds. The molecule has 7 nitrogen and oxygen atoms in total. The molecule has 1 fully saturated rings. The standard InChI is InChI=1S/C12H11Cl2N3O4S2/c13-7-3-9(14)11-15-16-12(17(11)4-7)22-5-10(18)21-8-1-2-23(19,20)6-8/h3-4,8H,1-2,5-6H2/t8-/m0/s1. The number of sulfone groups is 1. The highest BCUT2D eigenvalue weighted by Crippen LogP contribution is 2.25. The number of pyridine rings is 1. The van der Waals surface area contributed by atoms with Gasteiger partial charge in [0, 0.05) is 6.20 Å². The molecule has 3 heterocycles. The van der Waals surface area contributed by atoms with Gasteiger partial charge in [-0.3, -0.25) is 9.20 Å². The maximum Gasteiger partial charge on any atom is 0.316 e. The molecule has 124 valence electrons. The minimum atomic E-state index is -3.08. The molecule has 0 bridgehead atoms. The summed E-state index contributed by atoms with van der Waals surface area (Å²) < 4.78 is 29.4. The number of ether oxygens (including phenoxy) is 1. The zero-order chi connectivity index (χ0) is 16.6. The van der Waals surface area contributed by atoms with Crippen LogP contribution in [0.1, 0.15) is 6.42 Å². The van der Waals surface area contributed by atoms with Crippen LogP contribution in [-0.4, -0.2) is 52.3 Å². The van der Waals surface area contributed by atoms with Gasteiger partial charge in [0.1, 0.15) is 6.10 Å². The van der Waals surface area contributed by atoms with Gasteiger partial charge in [-0.05, 0) is 12.5 Å². The monoisotopic (exact) mass is 395 g/mol. The Morgan fingerprint density at radius 1 is 1.43 bits per heavy atom. The van der Waals surface area contributed by atoms with Crippen LogP contribution >= 0.6 is 35.0 Å². The Balaban J connectivity index is 1.63. The van der Waals surface area contributed by atoms with Crippen LogP contribution in [0.4, 0.5) is 0 Å². The fourth-order valence-electron chi connectivity index (χ4n) is 2.20. The molecular weight excluding hydrogens is 385 g/mol. The van der Waals surface area contributed by atoms with E-state index in [1.54, 1.807) is 16.7 Å². The van der Waals surface area contributed by atoms with Gasteiger partial charge < -0.3 is 4.74 Å². The molecule has 0 aromatic carbocycles. The second-order valence-corrected chi connectivity index (χ2v) is 9.00. The van der Waals surface area contributed by atoms with E-state index >= 15 is 0 Å². The summed E-state index contributed by atoms with van der Waals surface area (Å²) in [5, 5.41) is 9.10. The Labute approximate surface area is 146 Å². The lowest BCUT2D eigenvalue weighted by molar-refractivity contribution is -0.144. The van der Waals surface area contributed by atoms with Crippen LogP contribution in [0.15, 0.2) is 17.4 Å².